The van der Waals surface area contributed by atoms with Gasteiger partial charge in [0.2, 0.25) is 11.6 Å². The lowest BCUT2D eigenvalue weighted by atomic mass is 10.1. The molecule has 0 spiro atoms. The van der Waals surface area contributed by atoms with Crippen LogP contribution >= 0.6 is 0 Å². The maximum atomic E-state index is 13.0. The minimum absolute atomic E-state index is 0.0294. The zero-order valence-corrected chi connectivity index (χ0v) is 17.4. The molecule has 0 aliphatic carbocycles. The fraction of sp³-hybridized carbons (Fsp3) is 0.368. The van der Waals surface area contributed by atoms with Crippen LogP contribution in [0.15, 0.2) is 27.9 Å². The molecule has 0 atom stereocenters. The van der Waals surface area contributed by atoms with Crippen LogP contribution in [0.2, 0.25) is 0 Å². The zero-order chi connectivity index (χ0) is 22.5. The Morgan fingerprint density at radius 2 is 2.16 bits per heavy atom. The van der Waals surface area contributed by atoms with E-state index in [0.29, 0.717) is 23.6 Å². The van der Waals surface area contributed by atoms with E-state index in [2.05, 4.69) is 40.7 Å². The van der Waals surface area contributed by atoms with E-state index in [1.165, 1.54) is 24.4 Å². The second-order valence-electron chi connectivity index (χ2n) is 7.20. The number of nitrogen functional groups attached to an aromatic ring is 1. The van der Waals surface area contributed by atoms with E-state index in [4.69, 9.17) is 10.5 Å². The van der Waals surface area contributed by atoms with E-state index in [1.807, 2.05) is 0 Å². The van der Waals surface area contributed by atoms with Crippen LogP contribution in [0.5, 0.6) is 11.5 Å². The number of piperidine rings is 1. The lowest BCUT2D eigenvalue weighted by molar-refractivity contribution is 0.0944. The first-order valence-corrected chi connectivity index (χ1v) is 10.0. The summed E-state index contributed by atoms with van der Waals surface area (Å²) < 4.78 is 10.9. The van der Waals surface area contributed by atoms with Crippen molar-refractivity contribution in [2.45, 2.75) is 25.8 Å². The standard InChI is InChI=1S/C19H23N9O4/c1-31-14-7-5-6-12(16(14)29)10-21-23-19(30)15-13(11-27-8-3-2-4-9-27)22-26-28(15)18-17(20)24-32-25-18/h5-7,10,29H,2-4,8-9,11H2,1H3,(H2,20,24)(H,23,30)/b21-10+. The number of hydrogen-bond acceptors (Lipinski definition) is 11. The summed E-state index contributed by atoms with van der Waals surface area (Å²) in [5.41, 5.74) is 9.16. The summed E-state index contributed by atoms with van der Waals surface area (Å²) in [5.74, 6) is -0.351. The number of carbonyl (C=O) groups is 1. The molecule has 13 nitrogen and oxygen atoms in total. The van der Waals surface area contributed by atoms with E-state index in [9.17, 15) is 9.90 Å². The highest BCUT2D eigenvalue weighted by Gasteiger charge is 2.26. The molecule has 0 radical (unpaired) electrons. The summed E-state index contributed by atoms with van der Waals surface area (Å²) in [6.07, 6.45) is 4.66. The van der Waals surface area contributed by atoms with Gasteiger partial charge in [-0.25, -0.2) is 10.1 Å². The van der Waals surface area contributed by atoms with Gasteiger partial charge in [-0.05, 0) is 48.4 Å². The van der Waals surface area contributed by atoms with Gasteiger partial charge < -0.3 is 15.6 Å². The van der Waals surface area contributed by atoms with Gasteiger partial charge in [0.15, 0.2) is 17.2 Å². The Balaban J connectivity index is 1.59. The molecule has 4 rings (SSSR count). The number of nitrogens with one attached hydrogen (secondary N) is 1. The Bertz CT molecular complexity index is 1120. The van der Waals surface area contributed by atoms with Crippen LogP contribution in [0, 0.1) is 0 Å². The molecular formula is C19H23N9O4. The van der Waals surface area contributed by atoms with Crippen LogP contribution in [-0.4, -0.2) is 67.6 Å². The van der Waals surface area contributed by atoms with E-state index in [1.54, 1.807) is 18.2 Å². The molecule has 3 heterocycles. The van der Waals surface area contributed by atoms with Gasteiger partial charge >= 0.3 is 0 Å². The lowest BCUT2D eigenvalue weighted by Crippen LogP contribution is -2.31. The normalized spacial score (nSPS) is 14.7. The molecule has 1 aromatic carbocycles. The molecule has 4 N–H and O–H groups in total. The molecular weight excluding hydrogens is 418 g/mol. The number of para-hydroxylation sites is 1. The van der Waals surface area contributed by atoms with Crippen molar-refractivity contribution in [1.82, 2.24) is 35.6 Å². The first-order valence-electron chi connectivity index (χ1n) is 10.0. The number of hydrogen-bond donors (Lipinski definition) is 3. The number of benzene rings is 1. The van der Waals surface area contributed by atoms with Crippen molar-refractivity contribution in [3.63, 3.8) is 0 Å². The number of ether oxygens (including phenoxy) is 1. The van der Waals surface area contributed by atoms with Gasteiger partial charge in [-0.3, -0.25) is 9.69 Å². The number of aromatic nitrogens is 5. The number of nitrogens with zero attached hydrogens (tertiary/aromatic N) is 7. The number of rotatable bonds is 7. The Morgan fingerprint density at radius 3 is 2.88 bits per heavy atom. The van der Waals surface area contributed by atoms with Crippen LogP contribution < -0.4 is 15.9 Å². The smallest absolute Gasteiger partial charge is 0.292 e. The van der Waals surface area contributed by atoms with Crippen molar-refractivity contribution in [3.8, 4) is 17.3 Å². The Morgan fingerprint density at radius 1 is 1.34 bits per heavy atom. The van der Waals surface area contributed by atoms with Crippen molar-refractivity contribution < 1.29 is 19.3 Å². The third kappa shape index (κ3) is 4.37. The third-order valence-corrected chi connectivity index (χ3v) is 5.09. The van der Waals surface area contributed by atoms with Gasteiger partial charge in [0.25, 0.3) is 5.91 Å². The van der Waals surface area contributed by atoms with E-state index in [0.717, 1.165) is 25.9 Å². The quantitative estimate of drug-likeness (QED) is 0.350. The summed E-state index contributed by atoms with van der Waals surface area (Å²) >= 11 is 0. The summed E-state index contributed by atoms with van der Waals surface area (Å²) in [6, 6.07) is 4.93. The summed E-state index contributed by atoms with van der Waals surface area (Å²) in [6.45, 7) is 2.26. The van der Waals surface area contributed by atoms with Crippen LogP contribution in [0.25, 0.3) is 5.82 Å². The molecule has 1 amide bonds. The molecule has 1 aliphatic heterocycles. The molecule has 0 bridgehead atoms. The number of aromatic hydroxyl groups is 1. The van der Waals surface area contributed by atoms with Gasteiger partial charge in [0.1, 0.15) is 5.69 Å². The van der Waals surface area contributed by atoms with Crippen molar-refractivity contribution in [3.05, 3.63) is 35.2 Å². The fourth-order valence-corrected chi connectivity index (χ4v) is 3.48. The van der Waals surface area contributed by atoms with Crippen LogP contribution in [0.1, 0.15) is 41.0 Å². The number of hydrazone groups is 1. The molecule has 1 fully saturated rings. The third-order valence-electron chi connectivity index (χ3n) is 5.09. The predicted molar refractivity (Wildman–Crippen MR) is 112 cm³/mol. The first-order chi connectivity index (χ1) is 15.6. The van der Waals surface area contributed by atoms with Crippen LogP contribution in [-0.2, 0) is 6.54 Å². The number of amides is 1. The number of anilines is 1. The minimum atomic E-state index is -0.581. The fourth-order valence-electron chi connectivity index (χ4n) is 3.48. The second kappa shape index (κ2) is 9.43. The van der Waals surface area contributed by atoms with Gasteiger partial charge in [-0.1, -0.05) is 17.7 Å². The molecule has 3 aromatic rings. The van der Waals surface area contributed by atoms with E-state index >= 15 is 0 Å². The number of phenols is 1. The number of nitrogens with two attached hydrogens (primary N) is 1. The summed E-state index contributed by atoms with van der Waals surface area (Å²) in [4.78, 5) is 15.2. The maximum absolute atomic E-state index is 13.0. The number of carbonyl (C=O) groups excluding carboxylic acids is 1. The average Bonchev–Trinajstić information content (AvgIpc) is 3.41. The molecule has 1 saturated heterocycles. The predicted octanol–water partition coefficient (Wildman–Crippen LogP) is 0.696. The highest BCUT2D eigenvalue weighted by atomic mass is 16.6. The molecule has 1 aliphatic rings. The highest BCUT2D eigenvalue weighted by molar-refractivity contribution is 5.95. The van der Waals surface area contributed by atoms with E-state index in [-0.39, 0.29) is 23.1 Å². The van der Waals surface area contributed by atoms with Gasteiger partial charge in [0, 0.05) is 12.1 Å². The maximum Gasteiger partial charge on any atom is 0.292 e. The largest absolute Gasteiger partial charge is 0.504 e. The summed E-state index contributed by atoms with van der Waals surface area (Å²) in [7, 11) is 1.44. The van der Waals surface area contributed by atoms with Crippen molar-refractivity contribution in [2.75, 3.05) is 25.9 Å². The topological polar surface area (TPSA) is 170 Å². The molecule has 168 valence electrons. The SMILES string of the molecule is COc1cccc(/C=N/NC(=O)c2c(CN3CCCCC3)nnn2-c2nonc2N)c1O. The molecule has 0 unspecified atom stereocenters. The number of likely N-dealkylation sites (tertiary alicyclic amines) is 1. The lowest BCUT2D eigenvalue weighted by Gasteiger charge is -2.25. The van der Waals surface area contributed by atoms with E-state index < -0.39 is 5.91 Å². The molecule has 0 saturated carbocycles. The van der Waals surface area contributed by atoms with Gasteiger partial charge in [-0.2, -0.15) is 9.78 Å². The highest BCUT2D eigenvalue weighted by Crippen LogP contribution is 2.28. The van der Waals surface area contributed by atoms with Crippen LogP contribution in [0.3, 0.4) is 0 Å². The number of phenolic OH excluding ortho intramolecular Hbond substituents is 1. The van der Waals surface area contributed by atoms with Gasteiger partial charge in [-0.15, -0.1) is 5.10 Å². The number of methoxy groups -OCH3 is 1. The Hall–Kier alpha value is -4.00. The average molecular weight is 441 g/mol. The second-order valence-corrected chi connectivity index (χ2v) is 7.20. The van der Waals surface area contributed by atoms with Gasteiger partial charge in [0.05, 0.1) is 13.3 Å². The minimum Gasteiger partial charge on any atom is -0.504 e. The first kappa shape index (κ1) is 21.2. The van der Waals surface area contributed by atoms with Crippen LogP contribution in [0.4, 0.5) is 5.82 Å². The van der Waals surface area contributed by atoms with Crippen molar-refractivity contribution in [1.29, 1.82) is 0 Å². The molecule has 32 heavy (non-hydrogen) atoms. The Labute approximate surface area is 182 Å². The monoisotopic (exact) mass is 441 g/mol. The molecule has 13 heteroatoms. The van der Waals surface area contributed by atoms with Crippen molar-refractivity contribution >= 4 is 17.9 Å². The Kier molecular flexibility index (Phi) is 6.26. The zero-order valence-electron chi connectivity index (χ0n) is 17.4. The summed E-state index contributed by atoms with van der Waals surface area (Å²) in [5, 5.41) is 29.6. The molecule has 2 aromatic heterocycles. The van der Waals surface area contributed by atoms with Crippen molar-refractivity contribution in [2.24, 2.45) is 5.10 Å².